The number of hydrogen-bond acceptors (Lipinski definition) is 7. The Morgan fingerprint density at radius 1 is 1.48 bits per heavy atom. The molecule has 0 aliphatic carbocycles. The number of nitrogens with zero attached hydrogens (tertiary/aromatic N) is 3. The van der Waals surface area contributed by atoms with Crippen LogP contribution >= 0.6 is 11.6 Å². The molecule has 0 saturated carbocycles. The smallest absolute Gasteiger partial charge is 0.328 e. The molecule has 0 radical (unpaired) electrons. The Morgan fingerprint density at radius 3 is 2.71 bits per heavy atom. The fourth-order valence-electron chi connectivity index (χ4n) is 1.63. The highest BCUT2D eigenvalue weighted by Crippen LogP contribution is 2.33. The van der Waals surface area contributed by atoms with Crippen molar-refractivity contribution in [3.63, 3.8) is 0 Å². The van der Waals surface area contributed by atoms with Gasteiger partial charge in [-0.15, -0.1) is 0 Å². The summed E-state index contributed by atoms with van der Waals surface area (Å²) < 4.78 is 4.74. The van der Waals surface area contributed by atoms with Gasteiger partial charge in [0.1, 0.15) is 5.69 Å². The van der Waals surface area contributed by atoms with E-state index in [4.69, 9.17) is 16.1 Å². The van der Waals surface area contributed by atoms with Gasteiger partial charge in [0.15, 0.2) is 5.82 Å². The minimum Gasteiger partial charge on any atom is -0.381 e. The lowest BCUT2D eigenvalue weighted by Gasteiger charge is -2.07. The van der Waals surface area contributed by atoms with E-state index in [1.165, 1.54) is 13.1 Å². The number of aromatic nitrogens is 2. The summed E-state index contributed by atoms with van der Waals surface area (Å²) in [5.41, 5.74) is -0.176. The summed E-state index contributed by atoms with van der Waals surface area (Å²) >= 11 is 5.93. The molecule has 1 heterocycles. The number of halogens is 1. The normalized spacial score (nSPS) is 10.2. The van der Waals surface area contributed by atoms with Crippen molar-refractivity contribution in [1.29, 1.82) is 0 Å². The van der Waals surface area contributed by atoms with Gasteiger partial charge in [-0.2, -0.15) is 4.98 Å². The summed E-state index contributed by atoms with van der Waals surface area (Å²) in [6, 6.07) is 2.31. The summed E-state index contributed by atoms with van der Waals surface area (Å²) in [5, 5.41) is 19.5. The molecule has 2 N–H and O–H groups in total. The SMILES string of the molecule is CNc1c(Cl)cc(C(=O)Nc2nc(C)no2)cc1[N+](=O)[O-]. The molecule has 0 saturated heterocycles. The minimum atomic E-state index is -0.647. The molecule has 0 aliphatic rings. The van der Waals surface area contributed by atoms with Crippen LogP contribution in [0, 0.1) is 17.0 Å². The number of carbonyl (C=O) groups is 1. The number of rotatable bonds is 4. The summed E-state index contributed by atoms with van der Waals surface area (Å²) in [5.74, 6) is -0.300. The number of carbonyl (C=O) groups excluding carboxylic acids is 1. The average Bonchev–Trinajstić information content (AvgIpc) is 2.82. The first-order valence-corrected chi connectivity index (χ1v) is 6.07. The first kappa shape index (κ1) is 14.7. The summed E-state index contributed by atoms with van der Waals surface area (Å²) in [6.45, 7) is 1.59. The minimum absolute atomic E-state index is 0.00144. The zero-order valence-electron chi connectivity index (χ0n) is 11.0. The van der Waals surface area contributed by atoms with E-state index in [1.807, 2.05) is 0 Å². The Morgan fingerprint density at radius 2 is 2.19 bits per heavy atom. The molecule has 0 bridgehead atoms. The van der Waals surface area contributed by atoms with Gasteiger partial charge in [0.05, 0.1) is 9.95 Å². The Labute approximate surface area is 123 Å². The second-order valence-electron chi connectivity index (χ2n) is 3.96. The van der Waals surface area contributed by atoms with Crippen LogP contribution in [0.5, 0.6) is 0 Å². The standard InChI is InChI=1S/C11H10ClN5O4/c1-5-14-11(21-16-5)15-10(18)6-3-7(12)9(13-2)8(4-6)17(19)20/h3-4,13H,1-2H3,(H,14,15,16,18). The van der Waals surface area contributed by atoms with Crippen LogP contribution in [-0.2, 0) is 0 Å². The number of anilines is 2. The summed E-state index contributed by atoms with van der Waals surface area (Å²) in [4.78, 5) is 26.2. The average molecular weight is 312 g/mol. The van der Waals surface area contributed by atoms with Crippen molar-refractivity contribution >= 4 is 34.9 Å². The van der Waals surface area contributed by atoms with Gasteiger partial charge in [-0.25, -0.2) is 0 Å². The zero-order valence-corrected chi connectivity index (χ0v) is 11.8. The molecule has 9 nitrogen and oxygen atoms in total. The molecular formula is C11H10ClN5O4. The highest BCUT2D eigenvalue weighted by molar-refractivity contribution is 6.34. The third-order valence-corrected chi connectivity index (χ3v) is 2.82. The van der Waals surface area contributed by atoms with Gasteiger partial charge < -0.3 is 9.84 Å². The predicted octanol–water partition coefficient (Wildman–Crippen LogP) is 2.23. The first-order chi connectivity index (χ1) is 9.92. The molecule has 1 amide bonds. The molecule has 110 valence electrons. The first-order valence-electron chi connectivity index (χ1n) is 5.69. The molecule has 10 heteroatoms. The van der Waals surface area contributed by atoms with Gasteiger partial charge in [-0.3, -0.25) is 20.2 Å². The van der Waals surface area contributed by atoms with Crippen LogP contribution < -0.4 is 10.6 Å². The van der Waals surface area contributed by atoms with Crippen LogP contribution in [0.3, 0.4) is 0 Å². The van der Waals surface area contributed by atoms with Gasteiger partial charge in [0.2, 0.25) is 0 Å². The van der Waals surface area contributed by atoms with Crippen LogP contribution in [0.2, 0.25) is 5.02 Å². The number of aryl methyl sites for hydroxylation is 1. The largest absolute Gasteiger partial charge is 0.381 e. The predicted molar refractivity (Wildman–Crippen MR) is 74.6 cm³/mol. The molecule has 2 rings (SSSR count). The lowest BCUT2D eigenvalue weighted by atomic mass is 10.1. The Bertz CT molecular complexity index is 715. The van der Waals surface area contributed by atoms with E-state index < -0.39 is 10.8 Å². The van der Waals surface area contributed by atoms with Gasteiger partial charge in [-0.05, 0) is 13.0 Å². The number of benzene rings is 1. The number of hydrogen-bond donors (Lipinski definition) is 2. The lowest BCUT2D eigenvalue weighted by Crippen LogP contribution is -2.13. The molecule has 1 aromatic heterocycles. The maximum absolute atomic E-state index is 12.0. The molecule has 2 aromatic rings. The molecule has 0 atom stereocenters. The fourth-order valence-corrected chi connectivity index (χ4v) is 1.94. The van der Waals surface area contributed by atoms with E-state index in [1.54, 1.807) is 6.92 Å². The van der Waals surface area contributed by atoms with Crippen LogP contribution in [-0.4, -0.2) is 28.0 Å². The van der Waals surface area contributed by atoms with Crippen molar-refractivity contribution in [1.82, 2.24) is 10.1 Å². The number of nitro groups is 1. The second kappa shape index (κ2) is 5.75. The van der Waals surface area contributed by atoms with Crippen molar-refractivity contribution in [3.05, 3.63) is 38.7 Å². The van der Waals surface area contributed by atoms with E-state index in [0.29, 0.717) is 5.82 Å². The molecule has 0 fully saturated rings. The highest BCUT2D eigenvalue weighted by atomic mass is 35.5. The van der Waals surface area contributed by atoms with E-state index in [0.717, 1.165) is 6.07 Å². The van der Waals surface area contributed by atoms with Crippen LogP contribution in [0.4, 0.5) is 17.4 Å². The monoisotopic (exact) mass is 311 g/mol. The molecule has 1 aromatic carbocycles. The van der Waals surface area contributed by atoms with Crippen molar-refractivity contribution in [2.45, 2.75) is 6.92 Å². The van der Waals surface area contributed by atoms with Gasteiger partial charge in [0.25, 0.3) is 11.6 Å². The van der Waals surface area contributed by atoms with E-state index in [-0.39, 0.29) is 28.0 Å². The maximum Gasteiger partial charge on any atom is 0.328 e. The second-order valence-corrected chi connectivity index (χ2v) is 4.37. The maximum atomic E-state index is 12.0. The van der Waals surface area contributed by atoms with Gasteiger partial charge in [-0.1, -0.05) is 16.8 Å². The Hall–Kier alpha value is -2.68. The lowest BCUT2D eigenvalue weighted by molar-refractivity contribution is -0.383. The van der Waals surface area contributed by atoms with E-state index in [9.17, 15) is 14.9 Å². The summed E-state index contributed by atoms with van der Waals surface area (Å²) in [7, 11) is 1.50. The molecule has 0 aliphatic heterocycles. The fraction of sp³-hybridized carbons (Fsp3) is 0.182. The van der Waals surface area contributed by atoms with Crippen LogP contribution in [0.15, 0.2) is 16.7 Å². The van der Waals surface area contributed by atoms with E-state index >= 15 is 0 Å². The Kier molecular flexibility index (Phi) is 4.03. The van der Waals surface area contributed by atoms with Gasteiger partial charge in [0, 0.05) is 18.7 Å². The number of amides is 1. The Balaban J connectivity index is 2.35. The van der Waals surface area contributed by atoms with Crippen molar-refractivity contribution in [3.8, 4) is 0 Å². The van der Waals surface area contributed by atoms with Crippen LogP contribution in [0.1, 0.15) is 16.2 Å². The topological polar surface area (TPSA) is 123 Å². The highest BCUT2D eigenvalue weighted by Gasteiger charge is 2.21. The zero-order chi connectivity index (χ0) is 15.6. The number of nitrogens with one attached hydrogen (secondary N) is 2. The molecule has 0 spiro atoms. The van der Waals surface area contributed by atoms with Gasteiger partial charge >= 0.3 is 6.01 Å². The third kappa shape index (κ3) is 3.08. The van der Waals surface area contributed by atoms with Crippen molar-refractivity contribution < 1.29 is 14.2 Å². The molecule has 21 heavy (non-hydrogen) atoms. The van der Waals surface area contributed by atoms with Crippen LogP contribution in [0.25, 0.3) is 0 Å². The summed E-state index contributed by atoms with van der Waals surface area (Å²) in [6.07, 6.45) is 0. The third-order valence-electron chi connectivity index (χ3n) is 2.53. The van der Waals surface area contributed by atoms with Crippen molar-refractivity contribution in [2.75, 3.05) is 17.7 Å². The molecule has 0 unspecified atom stereocenters. The quantitative estimate of drug-likeness (QED) is 0.655. The molecular weight excluding hydrogens is 302 g/mol. The number of nitro benzene ring substituents is 1. The van der Waals surface area contributed by atoms with E-state index in [2.05, 4.69) is 20.8 Å². The van der Waals surface area contributed by atoms with Crippen molar-refractivity contribution in [2.24, 2.45) is 0 Å².